The van der Waals surface area contributed by atoms with Crippen LogP contribution in [0.1, 0.15) is 29.6 Å². The molecule has 0 aliphatic rings. The van der Waals surface area contributed by atoms with Crippen molar-refractivity contribution in [3.8, 4) is 0 Å². The summed E-state index contributed by atoms with van der Waals surface area (Å²) in [4.78, 5) is 4.56. The predicted octanol–water partition coefficient (Wildman–Crippen LogP) is 3.95. The van der Waals surface area contributed by atoms with Crippen molar-refractivity contribution in [2.75, 3.05) is 6.54 Å². The van der Waals surface area contributed by atoms with E-state index in [1.165, 1.54) is 22.9 Å². The molecule has 0 fully saturated rings. The predicted molar refractivity (Wildman–Crippen MR) is 89.9 cm³/mol. The summed E-state index contributed by atoms with van der Waals surface area (Å²) in [6, 6.07) is 8.77. The van der Waals surface area contributed by atoms with E-state index in [1.807, 2.05) is 0 Å². The molecule has 1 aromatic carbocycles. The minimum absolute atomic E-state index is 0.847. The van der Waals surface area contributed by atoms with Crippen LogP contribution >= 0.6 is 11.3 Å². The van der Waals surface area contributed by atoms with Crippen LogP contribution in [-0.4, -0.2) is 16.1 Å². The van der Waals surface area contributed by atoms with Gasteiger partial charge in [0.1, 0.15) is 0 Å². The van der Waals surface area contributed by atoms with Crippen molar-refractivity contribution >= 4 is 22.2 Å². The minimum atomic E-state index is 0.847. The summed E-state index contributed by atoms with van der Waals surface area (Å²) in [5.41, 5.74) is 3.80. The first-order valence-corrected chi connectivity index (χ1v) is 8.34. The third kappa shape index (κ3) is 3.17. The zero-order valence-corrected chi connectivity index (χ0v) is 13.4. The van der Waals surface area contributed by atoms with Crippen LogP contribution in [0.25, 0.3) is 10.9 Å². The third-order valence-electron chi connectivity index (χ3n) is 3.65. The highest BCUT2D eigenvalue weighted by molar-refractivity contribution is 7.09. The van der Waals surface area contributed by atoms with E-state index >= 15 is 0 Å². The molecule has 3 nitrogen and oxygen atoms in total. The molecule has 3 rings (SSSR count). The molecule has 0 amide bonds. The molecule has 3 aromatic rings. The van der Waals surface area contributed by atoms with E-state index in [4.69, 9.17) is 0 Å². The zero-order valence-electron chi connectivity index (χ0n) is 12.6. The van der Waals surface area contributed by atoms with Gasteiger partial charge in [-0.3, -0.25) is 0 Å². The normalized spacial score (nSPS) is 11.3. The van der Waals surface area contributed by atoms with Crippen LogP contribution < -0.4 is 5.32 Å². The average Bonchev–Trinajstić information content (AvgIpc) is 3.07. The lowest BCUT2D eigenvalue weighted by molar-refractivity contribution is 0.678. The maximum atomic E-state index is 4.56. The molecule has 0 atom stereocenters. The Kier molecular flexibility index (Phi) is 4.36. The number of aryl methyl sites for hydroxylation is 1. The Morgan fingerprint density at radius 2 is 2.19 bits per heavy atom. The van der Waals surface area contributed by atoms with E-state index in [2.05, 4.69) is 64.6 Å². The molecule has 0 radical (unpaired) electrons. The van der Waals surface area contributed by atoms with Crippen LogP contribution in [0.5, 0.6) is 0 Å². The van der Waals surface area contributed by atoms with Gasteiger partial charge in [0.2, 0.25) is 0 Å². The van der Waals surface area contributed by atoms with E-state index in [0.29, 0.717) is 0 Å². The Bertz CT molecular complexity index is 727. The second kappa shape index (κ2) is 6.41. The Morgan fingerprint density at radius 1 is 1.29 bits per heavy atom. The second-order valence-electron chi connectivity index (χ2n) is 5.33. The first-order chi connectivity index (χ1) is 10.3. The van der Waals surface area contributed by atoms with Crippen LogP contribution in [0.15, 0.2) is 35.8 Å². The minimum Gasteiger partial charge on any atom is -0.341 e. The Labute approximate surface area is 129 Å². The van der Waals surface area contributed by atoms with Crippen molar-refractivity contribution in [3.63, 3.8) is 0 Å². The standard InChI is InChI=1S/C17H21N3S/c1-3-8-18-10-14-5-4-6-17-16(14)7-9-20(17)11-15-12-21-13(2)19-15/h4-7,9,12,18H,3,8,10-11H2,1-2H3. The van der Waals surface area contributed by atoms with Gasteiger partial charge < -0.3 is 9.88 Å². The van der Waals surface area contributed by atoms with Crippen molar-refractivity contribution in [1.82, 2.24) is 14.9 Å². The third-order valence-corrected chi connectivity index (χ3v) is 4.47. The number of nitrogens with zero attached hydrogens (tertiary/aromatic N) is 2. The Balaban J connectivity index is 1.86. The van der Waals surface area contributed by atoms with E-state index in [-0.39, 0.29) is 0 Å². The molecule has 1 N–H and O–H groups in total. The monoisotopic (exact) mass is 299 g/mol. The fourth-order valence-corrected chi connectivity index (χ4v) is 3.24. The van der Waals surface area contributed by atoms with Crippen LogP contribution in [-0.2, 0) is 13.1 Å². The molecular formula is C17H21N3S. The summed E-state index contributed by atoms with van der Waals surface area (Å²) in [5.74, 6) is 0. The van der Waals surface area contributed by atoms with E-state index < -0.39 is 0 Å². The van der Waals surface area contributed by atoms with Gasteiger partial charge >= 0.3 is 0 Å². The number of benzene rings is 1. The van der Waals surface area contributed by atoms with Gasteiger partial charge in [-0.2, -0.15) is 0 Å². The van der Waals surface area contributed by atoms with Crippen LogP contribution in [0, 0.1) is 6.92 Å². The molecule has 2 aromatic heterocycles. The summed E-state index contributed by atoms with van der Waals surface area (Å²) >= 11 is 1.71. The molecular weight excluding hydrogens is 278 g/mol. The smallest absolute Gasteiger partial charge is 0.0898 e. The summed E-state index contributed by atoms with van der Waals surface area (Å²) in [5, 5.41) is 8.10. The number of rotatable bonds is 6. The van der Waals surface area contributed by atoms with Gasteiger partial charge in [0, 0.05) is 29.0 Å². The van der Waals surface area contributed by atoms with Gasteiger partial charge in [-0.25, -0.2) is 4.98 Å². The summed E-state index contributed by atoms with van der Waals surface area (Å²) in [6.07, 6.45) is 3.34. The van der Waals surface area contributed by atoms with E-state index in [9.17, 15) is 0 Å². The molecule has 0 saturated heterocycles. The van der Waals surface area contributed by atoms with Gasteiger partial charge in [-0.1, -0.05) is 19.1 Å². The topological polar surface area (TPSA) is 29.9 Å². The number of thiazole rings is 1. The molecule has 4 heteroatoms. The summed E-state index contributed by atoms with van der Waals surface area (Å²) in [6.45, 7) is 7.10. The number of hydrogen-bond donors (Lipinski definition) is 1. The first kappa shape index (κ1) is 14.3. The molecule has 110 valence electrons. The molecule has 0 unspecified atom stereocenters. The van der Waals surface area contributed by atoms with Crippen molar-refractivity contribution in [2.45, 2.75) is 33.4 Å². The molecule has 0 saturated carbocycles. The molecule has 21 heavy (non-hydrogen) atoms. The SMILES string of the molecule is CCCNCc1cccc2c1ccn2Cc1csc(C)n1. The highest BCUT2D eigenvalue weighted by atomic mass is 32.1. The summed E-state index contributed by atoms with van der Waals surface area (Å²) < 4.78 is 2.28. The highest BCUT2D eigenvalue weighted by Gasteiger charge is 2.07. The Morgan fingerprint density at radius 3 is 2.95 bits per heavy atom. The lowest BCUT2D eigenvalue weighted by atomic mass is 10.1. The average molecular weight is 299 g/mol. The van der Waals surface area contributed by atoms with Crippen molar-refractivity contribution in [2.24, 2.45) is 0 Å². The Hall–Kier alpha value is -1.65. The fraction of sp³-hybridized carbons (Fsp3) is 0.353. The molecule has 0 spiro atoms. The second-order valence-corrected chi connectivity index (χ2v) is 6.39. The van der Waals surface area contributed by atoms with Crippen LogP contribution in [0.2, 0.25) is 0 Å². The van der Waals surface area contributed by atoms with Gasteiger partial charge in [0.25, 0.3) is 0 Å². The fourth-order valence-electron chi connectivity index (χ4n) is 2.63. The maximum Gasteiger partial charge on any atom is 0.0898 e. The molecule has 0 aliphatic heterocycles. The lowest BCUT2D eigenvalue weighted by Gasteiger charge is -2.07. The molecule has 0 bridgehead atoms. The number of fused-ring (bicyclic) bond motifs is 1. The maximum absolute atomic E-state index is 4.56. The van der Waals surface area contributed by atoms with E-state index in [1.54, 1.807) is 11.3 Å². The number of hydrogen-bond acceptors (Lipinski definition) is 3. The largest absolute Gasteiger partial charge is 0.341 e. The van der Waals surface area contributed by atoms with Crippen molar-refractivity contribution in [3.05, 3.63) is 52.1 Å². The van der Waals surface area contributed by atoms with Crippen molar-refractivity contribution < 1.29 is 0 Å². The van der Waals surface area contributed by atoms with Crippen molar-refractivity contribution in [1.29, 1.82) is 0 Å². The molecule has 0 aliphatic carbocycles. The van der Waals surface area contributed by atoms with Gasteiger partial charge in [0.15, 0.2) is 0 Å². The highest BCUT2D eigenvalue weighted by Crippen LogP contribution is 2.21. The van der Waals surface area contributed by atoms with Gasteiger partial charge in [-0.05, 0) is 37.6 Å². The van der Waals surface area contributed by atoms with E-state index in [0.717, 1.165) is 30.3 Å². The quantitative estimate of drug-likeness (QED) is 0.698. The van der Waals surface area contributed by atoms with Gasteiger partial charge in [-0.15, -0.1) is 11.3 Å². The molecule has 2 heterocycles. The lowest BCUT2D eigenvalue weighted by Crippen LogP contribution is -2.13. The first-order valence-electron chi connectivity index (χ1n) is 7.46. The number of nitrogens with one attached hydrogen (secondary N) is 1. The van der Waals surface area contributed by atoms with Crippen LogP contribution in [0.4, 0.5) is 0 Å². The van der Waals surface area contributed by atoms with Gasteiger partial charge in [0.05, 0.1) is 17.2 Å². The van der Waals surface area contributed by atoms with Crippen LogP contribution in [0.3, 0.4) is 0 Å². The zero-order chi connectivity index (χ0) is 14.7. The summed E-state index contributed by atoms with van der Waals surface area (Å²) in [7, 11) is 0. The number of aromatic nitrogens is 2.